The smallest absolute Gasteiger partial charge is 0.125 e. The molecule has 3 nitrogen and oxygen atoms in total. The topological polar surface area (TPSA) is 38.5 Å². The molecule has 1 aliphatic carbocycles. The number of benzene rings is 1. The number of nitrogens with zero attached hydrogens (tertiary/aromatic N) is 1. The standard InChI is InChI=1S/C16H21ClN2O/c1-10-7-16(9-19(10)12-3-4-12)8-14(18)13-6-11(17)2-5-15(13)20-16/h2,5-6,10,12,14H,3-4,7-9,18H2,1H3/t10?,14-,16?/m1/s1. The molecule has 2 N–H and O–H groups in total. The number of rotatable bonds is 1. The predicted octanol–water partition coefficient (Wildman–Crippen LogP) is 3.12. The summed E-state index contributed by atoms with van der Waals surface area (Å²) in [7, 11) is 0. The van der Waals surface area contributed by atoms with Crippen molar-refractivity contribution in [3.8, 4) is 5.75 Å². The van der Waals surface area contributed by atoms with Crippen molar-refractivity contribution in [2.45, 2.75) is 56.3 Å². The lowest BCUT2D eigenvalue weighted by Crippen LogP contribution is -2.45. The maximum Gasteiger partial charge on any atom is 0.125 e. The Morgan fingerprint density at radius 1 is 1.35 bits per heavy atom. The van der Waals surface area contributed by atoms with Gasteiger partial charge in [-0.3, -0.25) is 4.90 Å². The molecule has 3 atom stereocenters. The van der Waals surface area contributed by atoms with Gasteiger partial charge in [0.05, 0.1) is 0 Å². The number of ether oxygens (including phenoxy) is 1. The van der Waals surface area contributed by atoms with E-state index in [9.17, 15) is 0 Å². The summed E-state index contributed by atoms with van der Waals surface area (Å²) >= 11 is 6.07. The van der Waals surface area contributed by atoms with Gasteiger partial charge in [-0.25, -0.2) is 0 Å². The zero-order valence-corrected chi connectivity index (χ0v) is 12.6. The van der Waals surface area contributed by atoms with Crippen molar-refractivity contribution in [3.05, 3.63) is 28.8 Å². The maximum atomic E-state index is 6.40. The molecule has 0 amide bonds. The monoisotopic (exact) mass is 292 g/mol. The van der Waals surface area contributed by atoms with E-state index in [4.69, 9.17) is 22.1 Å². The van der Waals surface area contributed by atoms with E-state index in [2.05, 4.69) is 11.8 Å². The fourth-order valence-electron chi connectivity index (χ4n) is 4.01. The number of halogens is 1. The molecular formula is C16H21ClN2O. The molecule has 2 fully saturated rings. The van der Waals surface area contributed by atoms with Gasteiger partial charge >= 0.3 is 0 Å². The Balaban J connectivity index is 1.64. The molecule has 3 aliphatic rings. The highest BCUT2D eigenvalue weighted by atomic mass is 35.5. The van der Waals surface area contributed by atoms with Crippen molar-refractivity contribution in [1.82, 2.24) is 4.90 Å². The van der Waals surface area contributed by atoms with Gasteiger partial charge in [0, 0.05) is 48.1 Å². The van der Waals surface area contributed by atoms with Gasteiger partial charge in [0.1, 0.15) is 11.4 Å². The van der Waals surface area contributed by atoms with E-state index in [1.807, 2.05) is 18.2 Å². The quantitative estimate of drug-likeness (QED) is 0.864. The van der Waals surface area contributed by atoms with E-state index in [0.717, 1.165) is 41.8 Å². The number of likely N-dealkylation sites (tertiary alicyclic amines) is 1. The van der Waals surface area contributed by atoms with Crippen molar-refractivity contribution in [1.29, 1.82) is 0 Å². The van der Waals surface area contributed by atoms with Crippen molar-refractivity contribution in [2.75, 3.05) is 6.54 Å². The van der Waals surface area contributed by atoms with Crippen molar-refractivity contribution >= 4 is 11.6 Å². The van der Waals surface area contributed by atoms with Gasteiger partial charge in [-0.2, -0.15) is 0 Å². The molecule has 4 heteroatoms. The summed E-state index contributed by atoms with van der Waals surface area (Å²) < 4.78 is 6.40. The predicted molar refractivity (Wildman–Crippen MR) is 80.2 cm³/mol. The third-order valence-corrected chi connectivity index (χ3v) is 5.24. The van der Waals surface area contributed by atoms with Crippen LogP contribution in [0.1, 0.15) is 44.2 Å². The van der Waals surface area contributed by atoms with Crippen LogP contribution < -0.4 is 10.5 Å². The average Bonchev–Trinajstić information content (AvgIpc) is 3.17. The number of fused-ring (bicyclic) bond motifs is 1. The molecule has 2 heterocycles. The molecular weight excluding hydrogens is 272 g/mol. The van der Waals surface area contributed by atoms with Gasteiger partial charge < -0.3 is 10.5 Å². The van der Waals surface area contributed by atoms with E-state index in [0.29, 0.717) is 6.04 Å². The van der Waals surface area contributed by atoms with Crippen LogP contribution in [0.15, 0.2) is 18.2 Å². The van der Waals surface area contributed by atoms with Gasteiger partial charge in [0.25, 0.3) is 0 Å². The van der Waals surface area contributed by atoms with Gasteiger partial charge in [-0.15, -0.1) is 0 Å². The molecule has 2 unspecified atom stereocenters. The Morgan fingerprint density at radius 3 is 2.90 bits per heavy atom. The molecule has 1 aromatic rings. The lowest BCUT2D eigenvalue weighted by molar-refractivity contribution is 0.0433. The lowest BCUT2D eigenvalue weighted by Gasteiger charge is -2.38. The largest absolute Gasteiger partial charge is 0.485 e. The van der Waals surface area contributed by atoms with Crippen LogP contribution >= 0.6 is 11.6 Å². The van der Waals surface area contributed by atoms with Crippen LogP contribution in [-0.2, 0) is 0 Å². The SMILES string of the molecule is CC1CC2(C[C@@H](N)c3cc(Cl)ccc3O2)CN1C1CC1. The molecule has 0 aromatic heterocycles. The normalized spacial score (nSPS) is 37.0. The summed E-state index contributed by atoms with van der Waals surface area (Å²) in [5.74, 6) is 0.929. The first kappa shape index (κ1) is 12.9. The number of nitrogens with two attached hydrogens (primary N) is 1. The van der Waals surface area contributed by atoms with Crippen molar-refractivity contribution in [3.63, 3.8) is 0 Å². The van der Waals surface area contributed by atoms with Crippen LogP contribution in [0.4, 0.5) is 0 Å². The third-order valence-electron chi connectivity index (χ3n) is 5.01. The second-order valence-electron chi connectivity index (χ2n) is 6.73. The van der Waals surface area contributed by atoms with Gasteiger partial charge in [0.2, 0.25) is 0 Å². The van der Waals surface area contributed by atoms with Crippen LogP contribution in [-0.4, -0.2) is 29.1 Å². The molecule has 0 bridgehead atoms. The van der Waals surface area contributed by atoms with Gasteiger partial charge in [-0.05, 0) is 38.0 Å². The zero-order chi connectivity index (χ0) is 13.9. The molecule has 108 valence electrons. The Labute approximate surface area is 125 Å². The van der Waals surface area contributed by atoms with Crippen LogP contribution in [0.2, 0.25) is 5.02 Å². The Kier molecular flexibility index (Phi) is 2.82. The third kappa shape index (κ3) is 2.03. The highest BCUT2D eigenvalue weighted by molar-refractivity contribution is 6.30. The first-order valence-corrected chi connectivity index (χ1v) is 7.94. The average molecular weight is 293 g/mol. The Morgan fingerprint density at radius 2 is 2.15 bits per heavy atom. The summed E-state index contributed by atoms with van der Waals surface area (Å²) in [6.07, 6.45) is 4.67. The minimum absolute atomic E-state index is 0.0313. The lowest BCUT2D eigenvalue weighted by atomic mass is 9.86. The molecule has 4 rings (SSSR count). The Bertz CT molecular complexity index is 545. The first-order valence-electron chi connectivity index (χ1n) is 7.56. The minimum Gasteiger partial charge on any atom is -0.485 e. The second kappa shape index (κ2) is 4.36. The fourth-order valence-corrected chi connectivity index (χ4v) is 4.19. The number of hydrogen-bond donors (Lipinski definition) is 1. The molecule has 0 radical (unpaired) electrons. The fraction of sp³-hybridized carbons (Fsp3) is 0.625. The van der Waals surface area contributed by atoms with E-state index >= 15 is 0 Å². The van der Waals surface area contributed by atoms with Gasteiger partial charge in [-0.1, -0.05) is 11.6 Å². The van der Waals surface area contributed by atoms with E-state index in [1.54, 1.807) is 0 Å². The second-order valence-corrected chi connectivity index (χ2v) is 7.17. The summed E-state index contributed by atoms with van der Waals surface area (Å²) in [5, 5.41) is 0.734. The molecule has 1 spiro atoms. The highest BCUT2D eigenvalue weighted by Crippen LogP contribution is 2.47. The molecule has 1 aromatic carbocycles. The summed E-state index contributed by atoms with van der Waals surface area (Å²) in [6, 6.07) is 7.24. The van der Waals surface area contributed by atoms with E-state index in [1.165, 1.54) is 12.8 Å². The Hall–Kier alpha value is -0.770. The molecule has 20 heavy (non-hydrogen) atoms. The highest BCUT2D eigenvalue weighted by Gasteiger charge is 2.51. The maximum absolute atomic E-state index is 6.40. The molecule has 2 aliphatic heterocycles. The van der Waals surface area contributed by atoms with E-state index in [-0.39, 0.29) is 11.6 Å². The first-order chi connectivity index (χ1) is 9.56. The van der Waals surface area contributed by atoms with Crippen LogP contribution in [0, 0.1) is 0 Å². The van der Waals surface area contributed by atoms with Crippen molar-refractivity contribution in [2.24, 2.45) is 5.73 Å². The number of hydrogen-bond acceptors (Lipinski definition) is 3. The summed E-state index contributed by atoms with van der Waals surface area (Å²) in [4.78, 5) is 2.62. The van der Waals surface area contributed by atoms with Gasteiger partial charge in [0.15, 0.2) is 0 Å². The zero-order valence-electron chi connectivity index (χ0n) is 11.8. The summed E-state index contributed by atoms with van der Waals surface area (Å²) in [6.45, 7) is 3.34. The van der Waals surface area contributed by atoms with E-state index < -0.39 is 0 Å². The van der Waals surface area contributed by atoms with Crippen LogP contribution in [0.5, 0.6) is 5.75 Å². The summed E-state index contributed by atoms with van der Waals surface area (Å²) in [5.41, 5.74) is 7.36. The molecule has 1 saturated heterocycles. The molecule has 1 saturated carbocycles. The van der Waals surface area contributed by atoms with Crippen LogP contribution in [0.3, 0.4) is 0 Å². The minimum atomic E-state index is -0.0950. The van der Waals surface area contributed by atoms with Crippen molar-refractivity contribution < 1.29 is 4.74 Å². The van der Waals surface area contributed by atoms with Crippen LogP contribution in [0.25, 0.3) is 0 Å².